The van der Waals surface area contributed by atoms with E-state index in [1.165, 1.54) is 18.4 Å². The summed E-state index contributed by atoms with van der Waals surface area (Å²) in [5.74, 6) is 0.455. The number of ether oxygens (including phenoxy) is 9. The van der Waals surface area contributed by atoms with E-state index in [9.17, 15) is 0 Å². The molecular weight excluding hydrogens is 727 g/mol. The fraction of sp³-hybridized carbons (Fsp3) is 0.600. The molecule has 316 valence electrons. The van der Waals surface area contributed by atoms with Gasteiger partial charge in [-0.25, -0.2) is 10.9 Å². The van der Waals surface area contributed by atoms with Crippen LogP contribution in [0.1, 0.15) is 45.1 Å². The van der Waals surface area contributed by atoms with Crippen molar-refractivity contribution in [1.29, 1.82) is 0 Å². The Hall–Kier alpha value is -2.01. The largest absolute Gasteiger partial charge is 1.00 e. The fourth-order valence-corrected chi connectivity index (χ4v) is 9.74. The van der Waals surface area contributed by atoms with E-state index in [-0.39, 0.29) is 24.4 Å². The van der Waals surface area contributed by atoms with Crippen molar-refractivity contribution >= 4 is 34.3 Å². The van der Waals surface area contributed by atoms with Crippen LogP contribution in [0.4, 0.5) is 0 Å². The van der Waals surface area contributed by atoms with E-state index >= 15 is 0 Å². The van der Waals surface area contributed by atoms with Crippen LogP contribution in [0.3, 0.4) is 0 Å². The average molecular weight is 798 g/mol. The second kappa shape index (κ2) is 25.7. The van der Waals surface area contributed by atoms with E-state index in [4.69, 9.17) is 42.6 Å². The topological polar surface area (TPSA) is 87.5 Å². The van der Waals surface area contributed by atoms with E-state index < -0.39 is 12.4 Å². The zero-order valence-corrected chi connectivity index (χ0v) is 36.6. The molecule has 10 nitrogen and oxygen atoms in total. The van der Waals surface area contributed by atoms with Crippen LogP contribution >= 0.6 is 0 Å². The zero-order chi connectivity index (χ0) is 40.2. The summed E-state index contributed by atoms with van der Waals surface area (Å²) in [5.41, 5.74) is 7.96. The molecule has 0 spiro atoms. The van der Waals surface area contributed by atoms with Crippen molar-refractivity contribution in [2.24, 2.45) is 0 Å². The van der Waals surface area contributed by atoms with Gasteiger partial charge in [0.1, 0.15) is 6.15 Å². The Bertz CT molecular complexity index is 1400. The molecule has 6 aliphatic heterocycles. The molecule has 0 radical (unpaired) electrons. The molecule has 6 aliphatic rings. The Morgan fingerprint density at radius 3 is 0.966 bits per heavy atom. The molecule has 3 saturated heterocycles. The minimum Gasteiger partial charge on any atom is -0.538 e. The maximum absolute atomic E-state index is 5.22. The van der Waals surface area contributed by atoms with E-state index in [0.29, 0.717) is 112 Å². The summed E-state index contributed by atoms with van der Waals surface area (Å²) in [6.45, 7) is 24.7. The Kier molecular flexibility index (Phi) is 21.5. The van der Waals surface area contributed by atoms with Gasteiger partial charge in [0.25, 0.3) is 6.28 Å². The molecule has 3 fully saturated rings. The van der Waals surface area contributed by atoms with Gasteiger partial charge in [-0.05, 0) is 45.1 Å². The van der Waals surface area contributed by atoms with Gasteiger partial charge in [-0.1, -0.05) is 78.9 Å². The molecule has 0 aromatic heterocycles. The summed E-state index contributed by atoms with van der Waals surface area (Å²) in [5, 5.41) is 0. The van der Waals surface area contributed by atoms with Crippen molar-refractivity contribution in [3.63, 3.8) is 0 Å². The molecule has 2 atom stereocenters. The molecule has 13 heteroatoms. The minimum atomic E-state index is -0.940. The number of rotatable bonds is 1. The molecule has 9 rings (SSSR count). The number of fused-ring (bicyclic) bond motifs is 1. The van der Waals surface area contributed by atoms with Crippen molar-refractivity contribution in [1.82, 2.24) is 0 Å². The van der Waals surface area contributed by atoms with Crippen LogP contribution in [-0.4, -0.2) is 137 Å². The summed E-state index contributed by atoms with van der Waals surface area (Å²) in [4.78, 5) is 1.73. The van der Waals surface area contributed by atoms with Gasteiger partial charge in [-0.2, -0.15) is 17.7 Å². The van der Waals surface area contributed by atoms with Crippen LogP contribution in [0.2, 0.25) is 13.6 Å². The second-order valence-corrected chi connectivity index (χ2v) is 16.8. The zero-order valence-electron chi connectivity index (χ0n) is 36.6. The normalized spacial score (nSPS) is 26.8. The molecule has 1 unspecified atom stereocenters. The van der Waals surface area contributed by atoms with Crippen molar-refractivity contribution in [3.8, 4) is 0 Å². The molecule has 58 heavy (non-hydrogen) atoms. The van der Waals surface area contributed by atoms with Gasteiger partial charge in [0, 0.05) is 18.8 Å². The van der Waals surface area contributed by atoms with E-state index in [0.717, 1.165) is 13.2 Å². The van der Waals surface area contributed by atoms with Gasteiger partial charge in [-0.3, -0.25) is 0 Å². The fourth-order valence-electron chi connectivity index (χ4n) is 9.74. The van der Waals surface area contributed by atoms with Gasteiger partial charge in [-0.15, -0.1) is 6.82 Å². The van der Waals surface area contributed by atoms with E-state index in [2.05, 4.69) is 113 Å². The Morgan fingerprint density at radius 2 is 0.690 bits per heavy atom. The number of quaternary nitrogens is 1. The van der Waals surface area contributed by atoms with Crippen molar-refractivity contribution in [2.45, 2.75) is 58.7 Å². The van der Waals surface area contributed by atoms with Crippen molar-refractivity contribution in [3.05, 3.63) is 84.4 Å². The third kappa shape index (κ3) is 13.2. The van der Waals surface area contributed by atoms with Crippen molar-refractivity contribution < 1.29 is 66.3 Å². The summed E-state index contributed by atoms with van der Waals surface area (Å²) in [6, 6.07) is 29.9. The van der Waals surface area contributed by atoms with Gasteiger partial charge in [0.05, 0.1) is 106 Å². The number of hydrogen-bond acceptors (Lipinski definition) is 9. The average Bonchev–Trinajstić information content (AvgIpc) is 3.81. The maximum Gasteiger partial charge on any atom is 1.00 e. The Balaban J connectivity index is 0.000000205. The third-order valence-electron chi connectivity index (χ3n) is 12.0. The quantitative estimate of drug-likeness (QED) is 0.337. The van der Waals surface area contributed by atoms with Gasteiger partial charge in [0.2, 0.25) is 0 Å². The van der Waals surface area contributed by atoms with Crippen LogP contribution < -0.4 is 45.5 Å². The molecular formula is C45H70B2LiNO9. The maximum atomic E-state index is 5.22. The number of nitrogens with one attached hydrogen (secondary N) is 1. The smallest absolute Gasteiger partial charge is 0.538 e. The predicted molar refractivity (Wildman–Crippen MR) is 231 cm³/mol. The molecule has 6 heterocycles. The monoisotopic (exact) mass is 798 g/mol. The summed E-state index contributed by atoms with van der Waals surface area (Å²) in [6.07, 6.45) is 0.692. The molecule has 0 aliphatic carbocycles. The summed E-state index contributed by atoms with van der Waals surface area (Å²) < 4.78 is 46.7. The Morgan fingerprint density at radius 1 is 0.414 bits per heavy atom. The molecule has 1 N–H and O–H groups in total. The van der Waals surface area contributed by atoms with Crippen LogP contribution in [0.25, 0.3) is 0 Å². The molecule has 2 bridgehead atoms. The van der Waals surface area contributed by atoms with Gasteiger partial charge >= 0.3 is 18.9 Å². The summed E-state index contributed by atoms with van der Waals surface area (Å²) in [7, 11) is 0. The molecule has 0 saturated carbocycles. The van der Waals surface area contributed by atoms with Crippen LogP contribution in [0.15, 0.2) is 78.9 Å². The minimum absolute atomic E-state index is 0. The van der Waals surface area contributed by atoms with Crippen LogP contribution in [-0.2, 0) is 42.6 Å². The first-order valence-corrected chi connectivity index (χ1v) is 21.5. The van der Waals surface area contributed by atoms with Crippen LogP contribution in [0, 0.1) is 0 Å². The Labute approximate surface area is 361 Å². The standard InChI is InChI=1S/C25H30B2N.2C8H16O4.C4H8O.Li/c1-25(2,3)28-24(19-13-7-6-8-14-19)26(4)20-15-9-11-17-22(20)27(28,5)23-18-12-10-16-21(23)26;2*1-2-10-5-6-12-8-7-11-4-3-9-1;1-2-4-5-3-1;/h6-18,24,28H,1-5H3;2*1-8H2;1-4H2;/q-1;;;;+1/t24-,26?,27?;;;;/m1..../s1. The molecule has 0 amide bonds. The SMILES string of the molecule is C1CCOC1.C1COCCOCCOCCO1.C1COCCOCCOCCO1.C[B-]12c3ccccc3[B-](C)(c3ccccc31)[NH+](C(C)(C)C)[C@@H]2c1ccccc1.[Li+]. The first-order valence-electron chi connectivity index (χ1n) is 21.5. The molecule has 3 aromatic carbocycles. The first kappa shape index (κ1) is 48.7. The van der Waals surface area contributed by atoms with Crippen molar-refractivity contribution in [2.75, 3.05) is 119 Å². The van der Waals surface area contributed by atoms with Gasteiger partial charge < -0.3 is 47.4 Å². The predicted octanol–water partition coefficient (Wildman–Crippen LogP) is -0.207. The second-order valence-electron chi connectivity index (χ2n) is 16.8. The van der Waals surface area contributed by atoms with Crippen LogP contribution in [0.5, 0.6) is 0 Å². The van der Waals surface area contributed by atoms with E-state index in [1.807, 2.05) is 0 Å². The number of hydrogen-bond donors (Lipinski definition) is 1. The third-order valence-corrected chi connectivity index (χ3v) is 12.0. The van der Waals surface area contributed by atoms with E-state index in [1.54, 1.807) is 26.7 Å². The molecule has 3 aromatic rings. The summed E-state index contributed by atoms with van der Waals surface area (Å²) >= 11 is 0. The van der Waals surface area contributed by atoms with Gasteiger partial charge in [0.15, 0.2) is 0 Å². The first-order chi connectivity index (χ1) is 27.8. The number of benzene rings is 3.